The van der Waals surface area contributed by atoms with Crippen molar-refractivity contribution in [1.82, 2.24) is 4.98 Å². The third-order valence-corrected chi connectivity index (χ3v) is 4.20. The molecule has 0 aliphatic heterocycles. The number of nitrogens with two attached hydrogens (primary N) is 1. The molecule has 1 aromatic heterocycles. The van der Waals surface area contributed by atoms with E-state index in [-0.39, 0.29) is 0 Å². The van der Waals surface area contributed by atoms with E-state index >= 15 is 0 Å². The largest absolute Gasteiger partial charge is 0.497 e. The molecule has 0 amide bonds. The van der Waals surface area contributed by atoms with Crippen LogP contribution in [0.3, 0.4) is 0 Å². The summed E-state index contributed by atoms with van der Waals surface area (Å²) in [5, 5.41) is 0.485. The number of hydrogen-bond acceptors (Lipinski definition) is 5. The lowest BCUT2D eigenvalue weighted by Crippen LogP contribution is -2.07. The van der Waals surface area contributed by atoms with Gasteiger partial charge in [0.25, 0.3) is 0 Å². The zero-order chi connectivity index (χ0) is 16.8. The number of aromatic nitrogens is 1. The second-order valence-corrected chi connectivity index (χ2v) is 5.98. The highest BCUT2D eigenvalue weighted by atomic mass is 32.2. The van der Waals surface area contributed by atoms with E-state index in [1.54, 1.807) is 14.2 Å². The van der Waals surface area contributed by atoms with Crippen LogP contribution in [0.2, 0.25) is 0 Å². The first-order valence-electron chi connectivity index (χ1n) is 7.15. The van der Waals surface area contributed by atoms with Crippen molar-refractivity contribution in [3.63, 3.8) is 0 Å². The van der Waals surface area contributed by atoms with Gasteiger partial charge in [0, 0.05) is 29.1 Å². The van der Waals surface area contributed by atoms with Crippen LogP contribution in [0.1, 0.15) is 16.8 Å². The van der Waals surface area contributed by atoms with Gasteiger partial charge in [0.15, 0.2) is 5.17 Å². The van der Waals surface area contributed by atoms with E-state index in [1.165, 1.54) is 11.8 Å². The topological polar surface area (TPSA) is 69.7 Å². The Bertz CT molecular complexity index is 717. The van der Waals surface area contributed by atoms with Gasteiger partial charge in [-0.05, 0) is 26.0 Å². The molecule has 0 spiro atoms. The van der Waals surface area contributed by atoms with Gasteiger partial charge < -0.3 is 15.2 Å². The molecule has 0 bridgehead atoms. The molecule has 0 saturated carbocycles. The highest BCUT2D eigenvalue weighted by Crippen LogP contribution is 2.27. The first-order chi connectivity index (χ1) is 11.0. The average molecular weight is 331 g/mol. The van der Waals surface area contributed by atoms with Gasteiger partial charge in [-0.3, -0.25) is 4.98 Å². The number of aryl methyl sites for hydroxylation is 1. The standard InChI is InChI=1S/C17H21N3O2S/c1-11-9-19-15(12(2)16(11)22-4)10-23-17(18)20-13-6-5-7-14(8-13)21-3/h5-9H,10H2,1-4H3,(H2,18,20). The number of methoxy groups -OCH3 is 2. The van der Waals surface area contributed by atoms with Crippen molar-refractivity contribution in [2.75, 3.05) is 14.2 Å². The fraction of sp³-hybridized carbons (Fsp3) is 0.294. The van der Waals surface area contributed by atoms with Gasteiger partial charge in [-0.1, -0.05) is 17.8 Å². The van der Waals surface area contributed by atoms with Gasteiger partial charge in [0.2, 0.25) is 0 Å². The molecule has 2 rings (SSSR count). The lowest BCUT2D eigenvalue weighted by Gasteiger charge is -2.11. The summed E-state index contributed by atoms with van der Waals surface area (Å²) in [5.74, 6) is 2.27. The Morgan fingerprint density at radius 1 is 1.26 bits per heavy atom. The molecule has 0 unspecified atom stereocenters. The summed E-state index contributed by atoms with van der Waals surface area (Å²) in [6.07, 6.45) is 1.82. The lowest BCUT2D eigenvalue weighted by atomic mass is 10.1. The summed E-state index contributed by atoms with van der Waals surface area (Å²) in [5.41, 5.74) is 9.78. The Hall–Kier alpha value is -2.21. The summed E-state index contributed by atoms with van der Waals surface area (Å²) >= 11 is 1.45. The third kappa shape index (κ3) is 4.39. The van der Waals surface area contributed by atoms with Crippen molar-refractivity contribution in [1.29, 1.82) is 0 Å². The fourth-order valence-electron chi connectivity index (χ4n) is 2.20. The predicted octanol–water partition coefficient (Wildman–Crippen LogP) is 3.60. The Balaban J connectivity index is 2.09. The molecule has 23 heavy (non-hydrogen) atoms. The first kappa shape index (κ1) is 17.1. The van der Waals surface area contributed by atoms with Gasteiger partial charge in [-0.2, -0.15) is 0 Å². The minimum Gasteiger partial charge on any atom is -0.497 e. The highest BCUT2D eigenvalue weighted by Gasteiger charge is 2.10. The average Bonchev–Trinajstić information content (AvgIpc) is 2.55. The molecular formula is C17H21N3O2S. The monoisotopic (exact) mass is 331 g/mol. The third-order valence-electron chi connectivity index (χ3n) is 3.40. The SMILES string of the molecule is COc1cccc(N=C(N)SCc2ncc(C)c(OC)c2C)c1. The maximum atomic E-state index is 6.01. The zero-order valence-corrected chi connectivity index (χ0v) is 14.6. The fourth-order valence-corrected chi connectivity index (χ4v) is 2.94. The van der Waals surface area contributed by atoms with Gasteiger partial charge >= 0.3 is 0 Å². The molecule has 0 fully saturated rings. The number of pyridine rings is 1. The molecule has 6 heteroatoms. The minimum absolute atomic E-state index is 0.485. The highest BCUT2D eigenvalue weighted by molar-refractivity contribution is 8.13. The maximum Gasteiger partial charge on any atom is 0.159 e. The molecule has 0 atom stereocenters. The van der Waals surface area contributed by atoms with Crippen LogP contribution in [-0.4, -0.2) is 24.4 Å². The van der Waals surface area contributed by atoms with Crippen molar-refractivity contribution >= 4 is 22.6 Å². The van der Waals surface area contributed by atoms with Crippen LogP contribution >= 0.6 is 11.8 Å². The predicted molar refractivity (Wildman–Crippen MR) is 95.8 cm³/mol. The zero-order valence-electron chi connectivity index (χ0n) is 13.8. The molecule has 0 aliphatic rings. The summed E-state index contributed by atoms with van der Waals surface area (Å²) < 4.78 is 10.6. The van der Waals surface area contributed by atoms with E-state index in [2.05, 4.69) is 9.98 Å². The van der Waals surface area contributed by atoms with Crippen LogP contribution in [0.5, 0.6) is 11.5 Å². The van der Waals surface area contributed by atoms with E-state index in [1.807, 2.05) is 44.3 Å². The molecule has 1 aromatic carbocycles. The van der Waals surface area contributed by atoms with Crippen molar-refractivity contribution in [2.45, 2.75) is 19.6 Å². The Kier molecular flexibility index (Phi) is 5.87. The van der Waals surface area contributed by atoms with E-state index in [4.69, 9.17) is 15.2 Å². The number of hydrogen-bond donors (Lipinski definition) is 1. The summed E-state index contributed by atoms with van der Waals surface area (Å²) in [6, 6.07) is 7.47. The van der Waals surface area contributed by atoms with Gasteiger partial charge in [0.05, 0.1) is 25.6 Å². The van der Waals surface area contributed by atoms with Crippen molar-refractivity contribution in [3.05, 3.63) is 47.3 Å². The van der Waals surface area contributed by atoms with Gasteiger partial charge in [0.1, 0.15) is 11.5 Å². The van der Waals surface area contributed by atoms with Crippen molar-refractivity contribution in [2.24, 2.45) is 10.7 Å². The van der Waals surface area contributed by atoms with E-state index in [0.717, 1.165) is 34.0 Å². The Labute approximate surface area is 140 Å². The van der Waals surface area contributed by atoms with Crippen LogP contribution in [0.25, 0.3) is 0 Å². The molecule has 5 nitrogen and oxygen atoms in total. The van der Waals surface area contributed by atoms with Crippen LogP contribution < -0.4 is 15.2 Å². The van der Waals surface area contributed by atoms with Crippen LogP contribution in [0.4, 0.5) is 5.69 Å². The number of benzene rings is 1. The van der Waals surface area contributed by atoms with Crippen LogP contribution in [0, 0.1) is 13.8 Å². The van der Waals surface area contributed by atoms with Gasteiger partial charge in [-0.25, -0.2) is 4.99 Å². The molecule has 2 N–H and O–H groups in total. The molecule has 122 valence electrons. The molecule has 1 heterocycles. The number of ether oxygens (including phenoxy) is 2. The molecule has 0 aliphatic carbocycles. The van der Waals surface area contributed by atoms with Crippen LogP contribution in [0.15, 0.2) is 35.5 Å². The summed E-state index contributed by atoms with van der Waals surface area (Å²) in [6.45, 7) is 3.98. The van der Waals surface area contributed by atoms with Crippen molar-refractivity contribution in [3.8, 4) is 11.5 Å². The number of thioether (sulfide) groups is 1. The number of nitrogens with zero attached hydrogens (tertiary/aromatic N) is 2. The van der Waals surface area contributed by atoms with Gasteiger partial charge in [-0.15, -0.1) is 0 Å². The maximum absolute atomic E-state index is 6.01. The van der Waals surface area contributed by atoms with E-state index in [9.17, 15) is 0 Å². The first-order valence-corrected chi connectivity index (χ1v) is 8.13. The smallest absolute Gasteiger partial charge is 0.159 e. The number of rotatable bonds is 5. The number of aliphatic imine (C=N–C) groups is 1. The summed E-state index contributed by atoms with van der Waals surface area (Å²) in [7, 11) is 3.30. The lowest BCUT2D eigenvalue weighted by molar-refractivity contribution is 0.407. The van der Waals surface area contributed by atoms with E-state index in [0.29, 0.717) is 10.9 Å². The Morgan fingerprint density at radius 2 is 2.04 bits per heavy atom. The summed E-state index contributed by atoms with van der Waals surface area (Å²) in [4.78, 5) is 8.85. The molecule has 0 radical (unpaired) electrons. The number of amidine groups is 1. The molecular weight excluding hydrogens is 310 g/mol. The van der Waals surface area contributed by atoms with Crippen molar-refractivity contribution < 1.29 is 9.47 Å². The minimum atomic E-state index is 0.485. The van der Waals surface area contributed by atoms with E-state index < -0.39 is 0 Å². The second-order valence-electron chi connectivity index (χ2n) is 4.99. The molecule has 2 aromatic rings. The normalized spacial score (nSPS) is 11.4. The van der Waals surface area contributed by atoms with Crippen LogP contribution in [-0.2, 0) is 5.75 Å². The quantitative estimate of drug-likeness (QED) is 0.669. The second kappa shape index (κ2) is 7.87. The molecule has 0 saturated heterocycles. The Morgan fingerprint density at radius 3 is 2.74 bits per heavy atom.